The molecule has 0 amide bonds. The van der Waals surface area contributed by atoms with Crippen LogP contribution in [-0.2, 0) is 19.6 Å². The fourth-order valence-corrected chi connectivity index (χ4v) is 2.56. The molecule has 3 rings (SSSR count). The molecule has 4 nitrogen and oxygen atoms in total. The van der Waals surface area contributed by atoms with Gasteiger partial charge in [-0.25, -0.2) is 9.07 Å². The molecular weight excluding hydrogens is 293 g/mol. The van der Waals surface area contributed by atoms with E-state index in [4.69, 9.17) is 0 Å². The first-order valence-electron chi connectivity index (χ1n) is 7.48. The lowest BCUT2D eigenvalue weighted by molar-refractivity contribution is 0.275. The monoisotopic (exact) mass is 311 g/mol. The van der Waals surface area contributed by atoms with Crippen LogP contribution in [0.3, 0.4) is 0 Å². The van der Waals surface area contributed by atoms with Crippen LogP contribution in [0.15, 0.2) is 48.5 Å². The van der Waals surface area contributed by atoms with Gasteiger partial charge in [0.15, 0.2) is 0 Å². The summed E-state index contributed by atoms with van der Waals surface area (Å²) in [5, 5.41) is 17.7. The van der Waals surface area contributed by atoms with Crippen LogP contribution in [0, 0.1) is 12.7 Å². The zero-order chi connectivity index (χ0) is 16.2. The highest BCUT2D eigenvalue weighted by Gasteiger charge is 2.14. The van der Waals surface area contributed by atoms with E-state index < -0.39 is 0 Å². The van der Waals surface area contributed by atoms with Gasteiger partial charge in [-0.3, -0.25) is 0 Å². The fourth-order valence-electron chi connectivity index (χ4n) is 2.56. The van der Waals surface area contributed by atoms with Crippen LogP contribution in [0.2, 0.25) is 0 Å². The van der Waals surface area contributed by atoms with Crippen LogP contribution in [0.25, 0.3) is 0 Å². The molecule has 1 N–H and O–H groups in total. The lowest BCUT2D eigenvalue weighted by Crippen LogP contribution is -2.09. The molecule has 0 radical (unpaired) electrons. The van der Waals surface area contributed by atoms with Crippen molar-refractivity contribution < 1.29 is 9.50 Å². The van der Waals surface area contributed by atoms with E-state index in [9.17, 15) is 9.50 Å². The van der Waals surface area contributed by atoms with Crippen molar-refractivity contribution >= 4 is 0 Å². The van der Waals surface area contributed by atoms with E-state index in [1.807, 2.05) is 12.1 Å². The predicted octanol–water partition coefficient (Wildman–Crippen LogP) is 2.86. The Bertz CT molecular complexity index is 796. The molecule has 23 heavy (non-hydrogen) atoms. The summed E-state index contributed by atoms with van der Waals surface area (Å²) in [4.78, 5) is 0. The van der Waals surface area contributed by atoms with E-state index >= 15 is 0 Å². The van der Waals surface area contributed by atoms with Crippen molar-refractivity contribution in [3.8, 4) is 0 Å². The van der Waals surface area contributed by atoms with Crippen LogP contribution in [-0.4, -0.2) is 20.1 Å². The van der Waals surface area contributed by atoms with Crippen LogP contribution >= 0.6 is 0 Å². The summed E-state index contributed by atoms with van der Waals surface area (Å²) in [6, 6.07) is 14.4. The third kappa shape index (κ3) is 3.46. The number of hydrogen-bond acceptors (Lipinski definition) is 3. The van der Waals surface area contributed by atoms with Crippen molar-refractivity contribution in [1.82, 2.24) is 15.0 Å². The van der Waals surface area contributed by atoms with Gasteiger partial charge in [-0.05, 0) is 35.7 Å². The number of halogens is 1. The third-order valence-corrected chi connectivity index (χ3v) is 3.93. The second-order valence-electron chi connectivity index (χ2n) is 5.53. The maximum atomic E-state index is 13.1. The SMILES string of the molecule is Cc1ccccc1Cn1nnc(CO)c1Cc1ccc(F)cc1. The van der Waals surface area contributed by atoms with E-state index in [0.717, 1.165) is 16.8 Å². The first-order chi connectivity index (χ1) is 11.2. The molecule has 0 saturated carbocycles. The summed E-state index contributed by atoms with van der Waals surface area (Å²) in [5.74, 6) is -0.261. The van der Waals surface area contributed by atoms with Gasteiger partial charge in [-0.1, -0.05) is 41.6 Å². The van der Waals surface area contributed by atoms with Gasteiger partial charge in [0, 0.05) is 6.42 Å². The molecule has 3 aromatic rings. The van der Waals surface area contributed by atoms with Gasteiger partial charge in [-0.2, -0.15) is 0 Å². The van der Waals surface area contributed by atoms with E-state index in [1.54, 1.807) is 16.8 Å². The van der Waals surface area contributed by atoms with Gasteiger partial charge >= 0.3 is 0 Å². The lowest BCUT2D eigenvalue weighted by Gasteiger charge is -2.10. The Morgan fingerprint density at radius 2 is 1.83 bits per heavy atom. The third-order valence-electron chi connectivity index (χ3n) is 3.93. The summed E-state index contributed by atoms with van der Waals surface area (Å²) in [7, 11) is 0. The maximum absolute atomic E-state index is 13.1. The highest BCUT2D eigenvalue weighted by molar-refractivity contribution is 5.28. The minimum absolute atomic E-state index is 0.162. The number of rotatable bonds is 5. The summed E-state index contributed by atoms with van der Waals surface area (Å²) >= 11 is 0. The fraction of sp³-hybridized carbons (Fsp3) is 0.222. The quantitative estimate of drug-likeness (QED) is 0.788. The minimum Gasteiger partial charge on any atom is -0.390 e. The zero-order valence-corrected chi connectivity index (χ0v) is 12.9. The molecule has 0 bridgehead atoms. The Hall–Kier alpha value is -2.53. The van der Waals surface area contributed by atoms with E-state index in [0.29, 0.717) is 18.7 Å². The van der Waals surface area contributed by atoms with Crippen LogP contribution in [0.1, 0.15) is 28.1 Å². The molecule has 1 heterocycles. The molecule has 0 unspecified atom stereocenters. The molecule has 0 spiro atoms. The van der Waals surface area contributed by atoms with Gasteiger partial charge in [-0.15, -0.1) is 5.10 Å². The van der Waals surface area contributed by atoms with Crippen molar-refractivity contribution in [3.05, 3.63) is 82.4 Å². The van der Waals surface area contributed by atoms with Gasteiger partial charge in [0.05, 0.1) is 18.8 Å². The van der Waals surface area contributed by atoms with Crippen molar-refractivity contribution in [2.75, 3.05) is 0 Å². The number of nitrogens with zero attached hydrogens (tertiary/aromatic N) is 3. The van der Waals surface area contributed by atoms with Crippen molar-refractivity contribution in [1.29, 1.82) is 0 Å². The summed E-state index contributed by atoms with van der Waals surface area (Å²) in [6.07, 6.45) is 0.551. The molecule has 0 fully saturated rings. The lowest BCUT2D eigenvalue weighted by atomic mass is 10.1. The molecule has 1 aromatic heterocycles. The molecule has 5 heteroatoms. The van der Waals surface area contributed by atoms with Crippen molar-refractivity contribution in [3.63, 3.8) is 0 Å². The molecule has 0 aliphatic carbocycles. The number of aliphatic hydroxyl groups excluding tert-OH is 1. The number of benzene rings is 2. The van der Waals surface area contributed by atoms with Crippen molar-refractivity contribution in [2.45, 2.75) is 26.5 Å². The average molecular weight is 311 g/mol. The zero-order valence-electron chi connectivity index (χ0n) is 12.9. The number of aliphatic hydroxyl groups is 1. The van der Waals surface area contributed by atoms with Gasteiger partial charge in [0.2, 0.25) is 0 Å². The first-order valence-corrected chi connectivity index (χ1v) is 7.48. The second kappa shape index (κ2) is 6.71. The molecule has 118 valence electrons. The largest absolute Gasteiger partial charge is 0.390 e. The Labute approximate surface area is 134 Å². The summed E-state index contributed by atoms with van der Waals surface area (Å²) in [5.41, 5.74) is 4.70. The highest BCUT2D eigenvalue weighted by atomic mass is 19.1. The second-order valence-corrected chi connectivity index (χ2v) is 5.53. The van der Waals surface area contributed by atoms with Gasteiger partial charge < -0.3 is 5.11 Å². The number of aromatic nitrogens is 3. The van der Waals surface area contributed by atoms with Gasteiger partial charge in [0.1, 0.15) is 11.5 Å². The average Bonchev–Trinajstić information content (AvgIpc) is 2.93. The molecule has 0 aliphatic rings. The van der Waals surface area contributed by atoms with Gasteiger partial charge in [0.25, 0.3) is 0 Å². The van der Waals surface area contributed by atoms with Crippen LogP contribution in [0.4, 0.5) is 4.39 Å². The van der Waals surface area contributed by atoms with Crippen LogP contribution in [0.5, 0.6) is 0 Å². The first kappa shape index (κ1) is 15.4. The van der Waals surface area contributed by atoms with E-state index in [-0.39, 0.29) is 12.4 Å². The molecule has 0 atom stereocenters. The number of hydrogen-bond donors (Lipinski definition) is 1. The Morgan fingerprint density at radius 1 is 1.09 bits per heavy atom. The van der Waals surface area contributed by atoms with Crippen LogP contribution < -0.4 is 0 Å². The molecule has 0 aliphatic heterocycles. The number of aryl methyl sites for hydroxylation is 1. The summed E-state index contributed by atoms with van der Waals surface area (Å²) in [6.45, 7) is 2.49. The molecule has 0 saturated heterocycles. The molecular formula is C18H18FN3O. The standard InChI is InChI=1S/C18H18FN3O/c1-13-4-2-3-5-15(13)11-22-18(17(12-23)20-21-22)10-14-6-8-16(19)9-7-14/h2-9,23H,10-12H2,1H3. The topological polar surface area (TPSA) is 50.9 Å². The highest BCUT2D eigenvalue weighted by Crippen LogP contribution is 2.16. The Kier molecular flexibility index (Phi) is 4.48. The minimum atomic E-state index is -0.261. The van der Waals surface area contributed by atoms with Crippen molar-refractivity contribution in [2.24, 2.45) is 0 Å². The smallest absolute Gasteiger partial charge is 0.123 e. The Morgan fingerprint density at radius 3 is 2.52 bits per heavy atom. The molecule has 2 aromatic carbocycles. The normalized spacial score (nSPS) is 10.9. The maximum Gasteiger partial charge on any atom is 0.123 e. The predicted molar refractivity (Wildman–Crippen MR) is 85.4 cm³/mol. The van der Waals surface area contributed by atoms with E-state index in [1.165, 1.54) is 17.7 Å². The van der Waals surface area contributed by atoms with E-state index in [2.05, 4.69) is 29.4 Å². The Balaban J connectivity index is 1.91. The summed E-state index contributed by atoms with van der Waals surface area (Å²) < 4.78 is 14.9.